The molecule has 0 unspecified atom stereocenters. The molecule has 0 aliphatic carbocycles. The van der Waals surface area contributed by atoms with E-state index in [0.29, 0.717) is 12.4 Å². The van der Waals surface area contributed by atoms with Crippen molar-refractivity contribution < 1.29 is 14.4 Å². The van der Waals surface area contributed by atoms with E-state index in [4.69, 9.17) is 9.39 Å². The van der Waals surface area contributed by atoms with Crippen LogP contribution in [0.3, 0.4) is 0 Å². The minimum atomic E-state index is -0.842. The van der Waals surface area contributed by atoms with Gasteiger partial charge in [0.05, 0.1) is 6.61 Å². The third kappa shape index (κ3) is 3.81. The molecule has 0 spiro atoms. The first kappa shape index (κ1) is 16.8. The molecule has 1 aliphatic rings. The molecule has 1 aliphatic heterocycles. The van der Waals surface area contributed by atoms with Crippen molar-refractivity contribution in [2.24, 2.45) is 0 Å². The fraction of sp³-hybridized carbons (Fsp3) is 0.250. The molecule has 1 N–H and O–H groups in total. The van der Waals surface area contributed by atoms with E-state index in [9.17, 15) is 5.02 Å². The van der Waals surface area contributed by atoms with Crippen LogP contribution in [0.5, 0.6) is 11.5 Å². The highest BCUT2D eigenvalue weighted by Gasteiger charge is 2.27. The smallest absolute Gasteiger partial charge is 0.457 e. The zero-order chi connectivity index (χ0) is 14.8. The Morgan fingerprint density at radius 2 is 1.82 bits per heavy atom. The fourth-order valence-corrected chi connectivity index (χ4v) is 2.42. The summed E-state index contributed by atoms with van der Waals surface area (Å²) >= 11 is 0. The summed E-state index contributed by atoms with van der Waals surface area (Å²) in [4.78, 5) is 2.12. The zero-order valence-electron chi connectivity index (χ0n) is 12.7. The van der Waals surface area contributed by atoms with Crippen molar-refractivity contribution >= 4 is 25.0 Å². The van der Waals surface area contributed by atoms with Crippen molar-refractivity contribution in [3.63, 3.8) is 0 Å². The molecule has 0 fully saturated rings. The second-order valence-electron chi connectivity index (χ2n) is 5.51. The predicted molar refractivity (Wildman–Crippen MR) is 90.0 cm³/mol. The van der Waals surface area contributed by atoms with Crippen LogP contribution >= 0.6 is 12.4 Å². The first-order valence-corrected chi connectivity index (χ1v) is 6.96. The van der Waals surface area contributed by atoms with Gasteiger partial charge in [-0.1, -0.05) is 18.2 Å². The minimum Gasteiger partial charge on any atom is -0.457 e. The molecule has 0 saturated carbocycles. The van der Waals surface area contributed by atoms with E-state index < -0.39 is 7.12 Å². The summed E-state index contributed by atoms with van der Waals surface area (Å²) in [5.41, 5.74) is 3.04. The summed E-state index contributed by atoms with van der Waals surface area (Å²) in [6, 6.07) is 13.7. The molecule has 4 nitrogen and oxygen atoms in total. The molecule has 22 heavy (non-hydrogen) atoms. The monoisotopic (exact) mass is 319 g/mol. The minimum absolute atomic E-state index is 0. The lowest BCUT2D eigenvalue weighted by atomic mass is 9.79. The van der Waals surface area contributed by atoms with Gasteiger partial charge in [0.15, 0.2) is 0 Å². The number of rotatable bonds is 4. The fourth-order valence-electron chi connectivity index (χ4n) is 2.42. The van der Waals surface area contributed by atoms with E-state index >= 15 is 0 Å². The maximum atomic E-state index is 9.71. The highest BCUT2D eigenvalue weighted by Crippen LogP contribution is 2.23. The molecule has 1 heterocycles. The number of ether oxygens (including phenoxy) is 1. The third-order valence-electron chi connectivity index (χ3n) is 3.44. The van der Waals surface area contributed by atoms with Gasteiger partial charge in [0.2, 0.25) is 0 Å². The molecule has 0 radical (unpaired) electrons. The molecule has 2 aromatic carbocycles. The Morgan fingerprint density at radius 3 is 2.50 bits per heavy atom. The van der Waals surface area contributed by atoms with Gasteiger partial charge < -0.3 is 19.3 Å². The largest absolute Gasteiger partial charge is 0.491 e. The average molecular weight is 320 g/mol. The first-order valence-electron chi connectivity index (χ1n) is 6.96. The van der Waals surface area contributed by atoms with E-state index in [1.54, 1.807) is 0 Å². The highest BCUT2D eigenvalue weighted by atomic mass is 35.5. The summed E-state index contributed by atoms with van der Waals surface area (Å²) in [6.07, 6.45) is 0. The number of hydrogen-bond donors (Lipinski definition) is 1. The van der Waals surface area contributed by atoms with Gasteiger partial charge >= 0.3 is 7.12 Å². The molecule has 0 amide bonds. The normalized spacial score (nSPS) is 13.0. The van der Waals surface area contributed by atoms with Crippen molar-refractivity contribution in [1.29, 1.82) is 0 Å². The lowest BCUT2D eigenvalue weighted by Crippen LogP contribution is -2.27. The van der Waals surface area contributed by atoms with Crippen LogP contribution in [0.1, 0.15) is 11.1 Å². The van der Waals surface area contributed by atoms with Crippen molar-refractivity contribution in [2.75, 3.05) is 14.1 Å². The summed E-state index contributed by atoms with van der Waals surface area (Å²) < 4.78 is 11.0. The van der Waals surface area contributed by atoms with Crippen molar-refractivity contribution in [3.8, 4) is 11.5 Å². The van der Waals surface area contributed by atoms with E-state index in [1.807, 2.05) is 44.4 Å². The van der Waals surface area contributed by atoms with Gasteiger partial charge in [-0.2, -0.15) is 0 Å². The number of benzene rings is 2. The SMILES string of the molecule is CN(C)Cc1ccc(Oc2ccc3c(c2)B(O)OC3)cc1.Cl. The van der Waals surface area contributed by atoms with Crippen LogP contribution in [0.25, 0.3) is 0 Å². The van der Waals surface area contributed by atoms with Gasteiger partial charge in [0.25, 0.3) is 0 Å². The molecule has 6 heteroatoms. The highest BCUT2D eigenvalue weighted by molar-refractivity contribution is 6.61. The van der Waals surface area contributed by atoms with E-state index in [-0.39, 0.29) is 12.4 Å². The Kier molecular flexibility index (Phi) is 5.48. The number of fused-ring (bicyclic) bond motifs is 1. The van der Waals surface area contributed by atoms with Crippen molar-refractivity contribution in [2.45, 2.75) is 13.2 Å². The number of hydrogen-bond acceptors (Lipinski definition) is 4. The van der Waals surface area contributed by atoms with Crippen LogP contribution in [0.15, 0.2) is 42.5 Å². The maximum Gasteiger partial charge on any atom is 0.491 e. The zero-order valence-corrected chi connectivity index (χ0v) is 13.5. The average Bonchev–Trinajstić information content (AvgIpc) is 2.82. The van der Waals surface area contributed by atoms with Crippen molar-refractivity contribution in [1.82, 2.24) is 4.90 Å². The van der Waals surface area contributed by atoms with Crippen LogP contribution in [-0.4, -0.2) is 31.1 Å². The quantitative estimate of drug-likeness (QED) is 0.877. The summed E-state index contributed by atoms with van der Waals surface area (Å²) in [5.74, 6) is 1.49. The van der Waals surface area contributed by atoms with Crippen molar-refractivity contribution in [3.05, 3.63) is 53.6 Å². The number of halogens is 1. The summed E-state index contributed by atoms with van der Waals surface area (Å²) in [6.45, 7) is 1.36. The van der Waals surface area contributed by atoms with Crippen LogP contribution < -0.4 is 10.2 Å². The molecule has 3 rings (SSSR count). The van der Waals surface area contributed by atoms with Gasteiger partial charge in [-0.3, -0.25) is 0 Å². The van der Waals surface area contributed by atoms with Gasteiger partial charge in [-0.15, -0.1) is 12.4 Å². The van der Waals surface area contributed by atoms with Crippen LogP contribution in [0, 0.1) is 0 Å². The topological polar surface area (TPSA) is 41.9 Å². The Morgan fingerprint density at radius 1 is 1.14 bits per heavy atom. The lowest BCUT2D eigenvalue weighted by Gasteiger charge is -2.11. The number of nitrogens with zero attached hydrogens (tertiary/aromatic N) is 1. The van der Waals surface area contributed by atoms with E-state index in [0.717, 1.165) is 23.3 Å². The van der Waals surface area contributed by atoms with Gasteiger partial charge in [-0.25, -0.2) is 0 Å². The van der Waals surface area contributed by atoms with E-state index in [2.05, 4.69) is 17.0 Å². The summed E-state index contributed by atoms with van der Waals surface area (Å²) in [7, 11) is 3.25. The Labute approximate surface area is 137 Å². The standard InChI is InChI=1S/C16H18BNO3.ClH/c1-18(2)10-12-3-6-14(7-4-12)21-15-8-5-13-11-20-17(19)16(13)9-15;/h3-9,19H,10-11H2,1-2H3;1H. The Hall–Kier alpha value is -1.53. The first-order chi connectivity index (χ1) is 10.1. The van der Waals surface area contributed by atoms with Crippen LogP contribution in [0.2, 0.25) is 0 Å². The second kappa shape index (κ2) is 7.16. The van der Waals surface area contributed by atoms with Crippen LogP contribution in [-0.2, 0) is 17.8 Å². The van der Waals surface area contributed by atoms with Gasteiger partial charge in [0, 0.05) is 6.54 Å². The second-order valence-corrected chi connectivity index (χ2v) is 5.51. The molecule has 116 valence electrons. The lowest BCUT2D eigenvalue weighted by molar-refractivity contribution is 0.275. The molecular formula is C16H19BClNO3. The maximum absolute atomic E-state index is 9.71. The van der Waals surface area contributed by atoms with Gasteiger partial charge in [-0.05, 0) is 55.0 Å². The molecule has 0 bridgehead atoms. The molecular weight excluding hydrogens is 300 g/mol. The predicted octanol–water partition coefficient (Wildman–Crippen LogP) is 2.18. The molecule has 0 saturated heterocycles. The third-order valence-corrected chi connectivity index (χ3v) is 3.44. The molecule has 2 aromatic rings. The van der Waals surface area contributed by atoms with Crippen LogP contribution in [0.4, 0.5) is 0 Å². The molecule has 0 atom stereocenters. The van der Waals surface area contributed by atoms with Gasteiger partial charge in [0.1, 0.15) is 11.5 Å². The van der Waals surface area contributed by atoms with E-state index in [1.165, 1.54) is 5.56 Å². The molecule has 0 aromatic heterocycles. The Bertz CT molecular complexity index is 634. The summed E-state index contributed by atoms with van der Waals surface area (Å²) in [5, 5.41) is 9.71. The Balaban J connectivity index is 0.00000176.